The summed E-state index contributed by atoms with van der Waals surface area (Å²) in [5.74, 6) is 0.0611. The van der Waals surface area contributed by atoms with E-state index in [4.69, 9.17) is 4.74 Å². The molecular formula is C23H34N4O4. The van der Waals surface area contributed by atoms with Crippen molar-refractivity contribution in [2.75, 3.05) is 39.9 Å². The third kappa shape index (κ3) is 4.74. The summed E-state index contributed by atoms with van der Waals surface area (Å²) in [6, 6.07) is 3.41. The number of imide groups is 1. The molecule has 3 heterocycles. The van der Waals surface area contributed by atoms with E-state index in [-0.39, 0.29) is 23.8 Å². The zero-order chi connectivity index (χ0) is 22.6. The predicted octanol–water partition coefficient (Wildman–Crippen LogP) is 2.71. The minimum atomic E-state index is -0.842. The molecule has 1 spiro atoms. The Balaban J connectivity index is 1.73. The summed E-state index contributed by atoms with van der Waals surface area (Å²) in [6.07, 6.45) is 4.05. The van der Waals surface area contributed by atoms with Crippen molar-refractivity contribution in [3.8, 4) is 0 Å². The predicted molar refractivity (Wildman–Crippen MR) is 117 cm³/mol. The molecular weight excluding hydrogens is 396 g/mol. The number of hydrogen-bond donors (Lipinski definition) is 0. The zero-order valence-electron chi connectivity index (χ0n) is 19.1. The SMILES string of the molecule is COCCCCN1C(=O)N(CC(C)C)C2(CCN(C(=O)c3ccc(C)nc3)CC2)C1=O. The zero-order valence-corrected chi connectivity index (χ0v) is 19.1. The third-order valence-electron chi connectivity index (χ3n) is 6.19. The van der Waals surface area contributed by atoms with Crippen LogP contribution in [-0.2, 0) is 9.53 Å². The Kier molecular flexibility index (Phi) is 7.30. The molecule has 0 saturated carbocycles. The summed E-state index contributed by atoms with van der Waals surface area (Å²) >= 11 is 0. The number of nitrogens with zero attached hydrogens (tertiary/aromatic N) is 4. The van der Waals surface area contributed by atoms with E-state index >= 15 is 0 Å². The highest BCUT2D eigenvalue weighted by atomic mass is 16.5. The molecule has 0 unspecified atom stereocenters. The molecule has 0 aliphatic carbocycles. The molecule has 0 bridgehead atoms. The van der Waals surface area contributed by atoms with E-state index in [1.54, 1.807) is 29.2 Å². The number of amides is 4. The lowest BCUT2D eigenvalue weighted by Crippen LogP contribution is -2.58. The molecule has 31 heavy (non-hydrogen) atoms. The van der Waals surface area contributed by atoms with Crippen molar-refractivity contribution >= 4 is 17.8 Å². The first-order valence-electron chi connectivity index (χ1n) is 11.1. The average Bonchev–Trinajstić information content (AvgIpc) is 2.93. The Morgan fingerprint density at radius 1 is 1.19 bits per heavy atom. The van der Waals surface area contributed by atoms with Crippen LogP contribution in [0, 0.1) is 12.8 Å². The molecule has 1 aromatic heterocycles. The first-order valence-corrected chi connectivity index (χ1v) is 11.1. The summed E-state index contributed by atoms with van der Waals surface area (Å²) in [7, 11) is 1.65. The molecule has 0 atom stereocenters. The molecule has 2 saturated heterocycles. The van der Waals surface area contributed by atoms with Crippen molar-refractivity contribution in [2.24, 2.45) is 5.92 Å². The van der Waals surface area contributed by atoms with Crippen molar-refractivity contribution in [2.45, 2.75) is 52.0 Å². The van der Waals surface area contributed by atoms with Gasteiger partial charge in [-0.1, -0.05) is 13.8 Å². The number of pyridine rings is 1. The van der Waals surface area contributed by atoms with Crippen LogP contribution in [0.3, 0.4) is 0 Å². The van der Waals surface area contributed by atoms with E-state index in [2.05, 4.69) is 18.8 Å². The van der Waals surface area contributed by atoms with E-state index in [1.807, 2.05) is 13.0 Å². The Morgan fingerprint density at radius 2 is 1.90 bits per heavy atom. The van der Waals surface area contributed by atoms with Crippen LogP contribution < -0.4 is 0 Å². The maximum Gasteiger partial charge on any atom is 0.327 e. The molecule has 2 fully saturated rings. The fraction of sp³-hybridized carbons (Fsp3) is 0.652. The molecule has 0 radical (unpaired) electrons. The number of aryl methyl sites for hydroxylation is 1. The van der Waals surface area contributed by atoms with Crippen LogP contribution in [-0.4, -0.2) is 83.0 Å². The molecule has 8 heteroatoms. The number of urea groups is 1. The summed E-state index contributed by atoms with van der Waals surface area (Å²) in [5.41, 5.74) is 0.568. The largest absolute Gasteiger partial charge is 0.385 e. The van der Waals surface area contributed by atoms with E-state index < -0.39 is 5.54 Å². The van der Waals surface area contributed by atoms with Gasteiger partial charge in [0.1, 0.15) is 5.54 Å². The molecule has 4 amide bonds. The Morgan fingerprint density at radius 3 is 2.48 bits per heavy atom. The second-order valence-electron chi connectivity index (χ2n) is 8.96. The van der Waals surface area contributed by atoms with Gasteiger partial charge < -0.3 is 14.5 Å². The normalized spacial score (nSPS) is 18.5. The smallest absolute Gasteiger partial charge is 0.327 e. The number of hydrogen-bond acceptors (Lipinski definition) is 5. The molecule has 3 rings (SSSR count). The van der Waals surface area contributed by atoms with E-state index in [0.717, 1.165) is 18.5 Å². The molecule has 170 valence electrons. The highest BCUT2D eigenvalue weighted by Gasteiger charge is 2.57. The van der Waals surface area contributed by atoms with Crippen LogP contribution in [0.5, 0.6) is 0 Å². The topological polar surface area (TPSA) is 83.1 Å². The molecule has 1 aromatic rings. The molecule has 8 nitrogen and oxygen atoms in total. The Labute approximate surface area is 184 Å². The van der Waals surface area contributed by atoms with Crippen molar-refractivity contribution in [1.29, 1.82) is 0 Å². The van der Waals surface area contributed by atoms with Gasteiger partial charge in [-0.25, -0.2) is 4.79 Å². The number of carbonyl (C=O) groups is 3. The van der Waals surface area contributed by atoms with Gasteiger partial charge in [-0.05, 0) is 50.7 Å². The summed E-state index contributed by atoms with van der Waals surface area (Å²) in [4.78, 5) is 48.7. The van der Waals surface area contributed by atoms with Crippen LogP contribution in [0.2, 0.25) is 0 Å². The van der Waals surface area contributed by atoms with Gasteiger partial charge in [0.25, 0.3) is 11.8 Å². The van der Waals surface area contributed by atoms with Crippen LogP contribution in [0.1, 0.15) is 55.6 Å². The highest BCUT2D eigenvalue weighted by molar-refractivity contribution is 6.07. The Hall–Kier alpha value is -2.48. The molecule has 2 aliphatic heterocycles. The number of piperidine rings is 1. The van der Waals surface area contributed by atoms with Crippen LogP contribution in [0.15, 0.2) is 18.3 Å². The van der Waals surface area contributed by atoms with Gasteiger partial charge >= 0.3 is 6.03 Å². The summed E-state index contributed by atoms with van der Waals surface area (Å²) in [6.45, 7) is 8.43. The number of rotatable bonds is 8. The van der Waals surface area contributed by atoms with Crippen LogP contribution >= 0.6 is 0 Å². The highest BCUT2D eigenvalue weighted by Crippen LogP contribution is 2.38. The van der Waals surface area contributed by atoms with E-state index in [1.165, 1.54) is 4.90 Å². The van der Waals surface area contributed by atoms with Gasteiger partial charge in [0, 0.05) is 51.8 Å². The minimum Gasteiger partial charge on any atom is -0.385 e. The number of methoxy groups -OCH3 is 1. The quantitative estimate of drug-likeness (QED) is 0.468. The monoisotopic (exact) mass is 430 g/mol. The minimum absolute atomic E-state index is 0.0778. The lowest BCUT2D eigenvalue weighted by atomic mass is 9.85. The van der Waals surface area contributed by atoms with Crippen molar-refractivity contribution in [1.82, 2.24) is 19.7 Å². The maximum atomic E-state index is 13.5. The average molecular weight is 431 g/mol. The molecule has 0 N–H and O–H groups in total. The maximum absolute atomic E-state index is 13.5. The van der Waals surface area contributed by atoms with Gasteiger partial charge in [0.05, 0.1) is 5.56 Å². The molecule has 2 aliphatic rings. The van der Waals surface area contributed by atoms with Gasteiger partial charge in [0.2, 0.25) is 0 Å². The second kappa shape index (κ2) is 9.77. The van der Waals surface area contributed by atoms with E-state index in [0.29, 0.717) is 51.2 Å². The Bertz CT molecular complexity index is 800. The lowest BCUT2D eigenvalue weighted by Gasteiger charge is -2.42. The number of likely N-dealkylation sites (tertiary alicyclic amines) is 1. The standard InChI is InChI=1S/C23H34N4O4/c1-17(2)16-27-22(30)26(11-5-6-14-31-4)21(29)23(27)9-12-25(13-10-23)20(28)19-8-7-18(3)24-15-19/h7-8,15,17H,5-6,9-14,16H2,1-4H3. The number of carbonyl (C=O) groups excluding carboxylic acids is 3. The summed E-state index contributed by atoms with van der Waals surface area (Å²) in [5, 5.41) is 0. The van der Waals surface area contributed by atoms with Gasteiger partial charge in [-0.15, -0.1) is 0 Å². The van der Waals surface area contributed by atoms with Crippen LogP contribution in [0.4, 0.5) is 4.79 Å². The lowest BCUT2D eigenvalue weighted by molar-refractivity contribution is -0.135. The van der Waals surface area contributed by atoms with Crippen molar-refractivity contribution in [3.05, 3.63) is 29.6 Å². The first-order chi connectivity index (χ1) is 14.8. The second-order valence-corrected chi connectivity index (χ2v) is 8.96. The van der Waals surface area contributed by atoms with E-state index in [9.17, 15) is 14.4 Å². The van der Waals surface area contributed by atoms with Gasteiger partial charge in [0.15, 0.2) is 0 Å². The van der Waals surface area contributed by atoms with Crippen molar-refractivity contribution in [3.63, 3.8) is 0 Å². The molecule has 0 aromatic carbocycles. The van der Waals surface area contributed by atoms with Gasteiger partial charge in [-0.2, -0.15) is 0 Å². The van der Waals surface area contributed by atoms with Crippen LogP contribution in [0.25, 0.3) is 0 Å². The number of unbranched alkanes of at least 4 members (excludes halogenated alkanes) is 1. The summed E-state index contributed by atoms with van der Waals surface area (Å²) < 4.78 is 5.08. The number of aromatic nitrogens is 1. The fourth-order valence-electron chi connectivity index (χ4n) is 4.45. The van der Waals surface area contributed by atoms with Gasteiger partial charge in [-0.3, -0.25) is 19.5 Å². The first kappa shape index (κ1) is 23.2. The number of ether oxygens (including phenoxy) is 1. The third-order valence-corrected chi connectivity index (χ3v) is 6.19. The van der Waals surface area contributed by atoms with Crippen molar-refractivity contribution < 1.29 is 19.1 Å². The fourth-order valence-corrected chi connectivity index (χ4v) is 4.45.